The first-order chi connectivity index (χ1) is 10.7. The van der Waals surface area contributed by atoms with Gasteiger partial charge in [0.05, 0.1) is 6.21 Å². The van der Waals surface area contributed by atoms with Crippen LogP contribution < -0.4 is 10.3 Å². The third kappa shape index (κ3) is 4.41. The fraction of sp³-hybridized carbons (Fsp3) is 0.333. The minimum Gasteiger partial charge on any atom is -0.372 e. The first-order valence-corrected chi connectivity index (χ1v) is 7.22. The quantitative estimate of drug-likeness (QED) is 0.617. The number of hydrazone groups is 1. The number of hydrogen-bond acceptors (Lipinski definition) is 5. The van der Waals surface area contributed by atoms with Crippen molar-refractivity contribution in [3.05, 3.63) is 42.5 Å². The van der Waals surface area contributed by atoms with Gasteiger partial charge in [0, 0.05) is 18.8 Å². The van der Waals surface area contributed by atoms with Gasteiger partial charge in [0.15, 0.2) is 0 Å². The molecule has 1 N–H and O–H groups in total. The molecule has 0 fully saturated rings. The van der Waals surface area contributed by atoms with Gasteiger partial charge in [0.2, 0.25) is 0 Å². The number of carbonyl (C=O) groups excluding carboxylic acids is 1. The van der Waals surface area contributed by atoms with Crippen LogP contribution >= 0.6 is 0 Å². The topological polar surface area (TPSA) is 75.4 Å². The lowest BCUT2D eigenvalue weighted by Crippen LogP contribution is -2.23. The summed E-state index contributed by atoms with van der Waals surface area (Å²) in [7, 11) is 0. The van der Waals surface area contributed by atoms with Crippen LogP contribution in [0.5, 0.6) is 0 Å². The van der Waals surface area contributed by atoms with Gasteiger partial charge in [-0.05, 0) is 31.5 Å². The third-order valence-electron chi connectivity index (χ3n) is 3.20. The van der Waals surface area contributed by atoms with E-state index in [0.717, 1.165) is 18.7 Å². The van der Waals surface area contributed by atoms with Gasteiger partial charge in [-0.2, -0.15) is 10.2 Å². The Hall–Kier alpha value is -2.70. The average Bonchev–Trinajstić information content (AvgIpc) is 3.03. The Balaban J connectivity index is 1.86. The van der Waals surface area contributed by atoms with Crippen molar-refractivity contribution in [1.82, 2.24) is 20.2 Å². The molecule has 2 aromatic rings. The molecule has 0 saturated carbocycles. The maximum absolute atomic E-state index is 11.6. The number of aromatic nitrogens is 3. The lowest BCUT2D eigenvalue weighted by Gasteiger charge is -2.20. The van der Waals surface area contributed by atoms with Gasteiger partial charge in [0.25, 0.3) is 5.91 Å². The van der Waals surface area contributed by atoms with E-state index < -0.39 is 0 Å². The molecule has 1 amide bonds. The van der Waals surface area contributed by atoms with E-state index in [1.54, 1.807) is 6.21 Å². The lowest BCUT2D eigenvalue weighted by atomic mass is 10.2. The molecule has 0 aliphatic rings. The molecular formula is C15H20N6O. The zero-order chi connectivity index (χ0) is 15.8. The van der Waals surface area contributed by atoms with Crippen LogP contribution in [0.2, 0.25) is 0 Å². The number of carbonyl (C=O) groups is 1. The Kier molecular flexibility index (Phi) is 5.65. The van der Waals surface area contributed by atoms with E-state index >= 15 is 0 Å². The Morgan fingerprint density at radius 1 is 1.32 bits per heavy atom. The molecule has 1 heterocycles. The fourth-order valence-corrected chi connectivity index (χ4v) is 2.04. The summed E-state index contributed by atoms with van der Waals surface area (Å²) in [5.41, 5.74) is 4.57. The zero-order valence-electron chi connectivity index (χ0n) is 12.8. The van der Waals surface area contributed by atoms with Crippen molar-refractivity contribution in [1.29, 1.82) is 0 Å². The van der Waals surface area contributed by atoms with Crippen LogP contribution in [-0.4, -0.2) is 40.0 Å². The second kappa shape index (κ2) is 7.92. The molecule has 0 unspecified atom stereocenters. The Bertz CT molecular complexity index is 601. The van der Waals surface area contributed by atoms with Crippen LogP contribution in [-0.2, 0) is 11.3 Å². The van der Waals surface area contributed by atoms with E-state index in [4.69, 9.17) is 0 Å². The predicted molar refractivity (Wildman–Crippen MR) is 85.8 cm³/mol. The second-order valence-electron chi connectivity index (χ2n) is 4.65. The van der Waals surface area contributed by atoms with Crippen molar-refractivity contribution >= 4 is 17.8 Å². The molecule has 0 saturated heterocycles. The van der Waals surface area contributed by atoms with Crippen molar-refractivity contribution in [2.24, 2.45) is 5.10 Å². The molecule has 2 rings (SSSR count). The summed E-state index contributed by atoms with van der Waals surface area (Å²) >= 11 is 0. The Morgan fingerprint density at radius 3 is 2.64 bits per heavy atom. The minimum atomic E-state index is -0.249. The zero-order valence-corrected chi connectivity index (χ0v) is 12.8. The van der Waals surface area contributed by atoms with Crippen molar-refractivity contribution in [2.45, 2.75) is 20.4 Å². The highest BCUT2D eigenvalue weighted by atomic mass is 16.2. The summed E-state index contributed by atoms with van der Waals surface area (Å²) in [4.78, 5) is 17.6. The largest absolute Gasteiger partial charge is 0.372 e. The van der Waals surface area contributed by atoms with Crippen molar-refractivity contribution < 1.29 is 4.79 Å². The first kappa shape index (κ1) is 15.7. The molecule has 0 aliphatic carbocycles. The predicted octanol–water partition coefficient (Wildman–Crippen LogP) is 1.27. The van der Waals surface area contributed by atoms with Gasteiger partial charge in [0.1, 0.15) is 19.2 Å². The highest BCUT2D eigenvalue weighted by molar-refractivity contribution is 5.82. The molecule has 0 bridgehead atoms. The third-order valence-corrected chi connectivity index (χ3v) is 3.20. The summed E-state index contributed by atoms with van der Waals surface area (Å²) in [6.45, 7) is 6.30. The number of rotatable bonds is 7. The molecule has 1 aromatic heterocycles. The maximum atomic E-state index is 11.6. The number of nitrogens with zero attached hydrogens (tertiary/aromatic N) is 5. The van der Waals surface area contributed by atoms with Crippen molar-refractivity contribution in [3.63, 3.8) is 0 Å². The van der Waals surface area contributed by atoms with E-state index in [9.17, 15) is 4.79 Å². The molecule has 7 nitrogen and oxygen atoms in total. The number of anilines is 1. The highest BCUT2D eigenvalue weighted by Crippen LogP contribution is 2.13. The Morgan fingerprint density at radius 2 is 2.05 bits per heavy atom. The maximum Gasteiger partial charge on any atom is 0.261 e. The number of nitrogens with one attached hydrogen (secondary N) is 1. The van der Waals surface area contributed by atoms with Crippen LogP contribution in [0.4, 0.5) is 5.69 Å². The van der Waals surface area contributed by atoms with Crippen LogP contribution in [0, 0.1) is 0 Å². The molecule has 0 spiro atoms. The van der Waals surface area contributed by atoms with E-state index in [1.807, 2.05) is 24.3 Å². The fourth-order valence-electron chi connectivity index (χ4n) is 2.04. The van der Waals surface area contributed by atoms with E-state index in [2.05, 4.69) is 39.4 Å². The Labute approximate surface area is 129 Å². The van der Waals surface area contributed by atoms with Gasteiger partial charge in [-0.25, -0.2) is 15.1 Å². The smallest absolute Gasteiger partial charge is 0.261 e. The first-order valence-electron chi connectivity index (χ1n) is 7.22. The molecule has 0 atom stereocenters. The van der Waals surface area contributed by atoms with Crippen LogP contribution in [0.15, 0.2) is 42.0 Å². The molecule has 22 heavy (non-hydrogen) atoms. The average molecular weight is 300 g/mol. The summed E-state index contributed by atoms with van der Waals surface area (Å²) in [5, 5.41) is 7.79. The van der Waals surface area contributed by atoms with Crippen LogP contribution in [0.3, 0.4) is 0 Å². The number of benzene rings is 1. The number of amides is 1. The van der Waals surface area contributed by atoms with Crippen LogP contribution in [0.25, 0.3) is 0 Å². The van der Waals surface area contributed by atoms with E-state index in [1.165, 1.54) is 23.0 Å². The van der Waals surface area contributed by atoms with Gasteiger partial charge in [-0.15, -0.1) is 0 Å². The molecule has 116 valence electrons. The summed E-state index contributed by atoms with van der Waals surface area (Å²) in [5.74, 6) is -0.249. The molecule has 1 aromatic carbocycles. The normalized spacial score (nSPS) is 10.8. The molecular weight excluding hydrogens is 280 g/mol. The minimum absolute atomic E-state index is 0.0955. The van der Waals surface area contributed by atoms with E-state index in [0.29, 0.717) is 0 Å². The van der Waals surface area contributed by atoms with Crippen molar-refractivity contribution in [2.75, 3.05) is 18.0 Å². The van der Waals surface area contributed by atoms with Crippen molar-refractivity contribution in [3.8, 4) is 0 Å². The molecule has 0 aliphatic heterocycles. The number of hydrogen-bond donors (Lipinski definition) is 1. The SMILES string of the molecule is CCN(CC)c1ccc(/C=N/NC(=O)Cn2cncn2)cc1. The van der Waals surface area contributed by atoms with Gasteiger partial charge < -0.3 is 4.90 Å². The molecule has 7 heteroatoms. The monoisotopic (exact) mass is 300 g/mol. The van der Waals surface area contributed by atoms with Gasteiger partial charge in [-0.1, -0.05) is 12.1 Å². The molecule has 0 radical (unpaired) electrons. The van der Waals surface area contributed by atoms with Gasteiger partial charge in [-0.3, -0.25) is 4.79 Å². The highest BCUT2D eigenvalue weighted by Gasteiger charge is 2.02. The lowest BCUT2D eigenvalue weighted by molar-refractivity contribution is -0.121. The van der Waals surface area contributed by atoms with Gasteiger partial charge >= 0.3 is 0 Å². The summed E-state index contributed by atoms with van der Waals surface area (Å²) < 4.78 is 1.43. The van der Waals surface area contributed by atoms with E-state index in [-0.39, 0.29) is 12.5 Å². The van der Waals surface area contributed by atoms with Crippen LogP contribution in [0.1, 0.15) is 19.4 Å². The second-order valence-corrected chi connectivity index (χ2v) is 4.65. The summed E-state index contributed by atoms with van der Waals surface area (Å²) in [6, 6.07) is 8.04. The summed E-state index contributed by atoms with van der Waals surface area (Å²) in [6.07, 6.45) is 4.48. The standard InChI is InChI=1S/C15H20N6O/c1-3-20(4-2)14-7-5-13(6-8-14)9-17-19-15(22)10-21-12-16-11-18-21/h5-9,11-12H,3-4,10H2,1-2H3,(H,19,22)/b17-9+.